The van der Waals surface area contributed by atoms with Crippen molar-refractivity contribution in [1.29, 1.82) is 0 Å². The van der Waals surface area contributed by atoms with Gasteiger partial charge in [0.05, 0.1) is 16.1 Å². The summed E-state index contributed by atoms with van der Waals surface area (Å²) in [5, 5.41) is 2.77. The molecule has 0 saturated carbocycles. The Morgan fingerprint density at radius 3 is 1.95 bits per heavy atom. The second-order valence-corrected chi connectivity index (χ2v) is 12.5. The second-order valence-electron chi connectivity index (χ2n) is 10.6. The predicted molar refractivity (Wildman–Crippen MR) is 159 cm³/mol. The minimum absolute atomic E-state index is 0.262. The third-order valence-electron chi connectivity index (χ3n) is 8.33. The maximum atomic E-state index is 13.9. The van der Waals surface area contributed by atoms with Crippen molar-refractivity contribution < 1.29 is 18.0 Å². The van der Waals surface area contributed by atoms with Crippen molar-refractivity contribution in [1.82, 2.24) is 19.0 Å². The maximum Gasteiger partial charge on any atom is 0.296 e. The molecule has 218 valence electrons. The molecule has 2 aliphatic heterocycles. The first-order valence-corrected chi connectivity index (χ1v) is 15.9. The molecule has 2 aromatic carbocycles. The van der Waals surface area contributed by atoms with E-state index in [0.717, 1.165) is 61.4 Å². The number of hydrogen-bond acceptors (Lipinski definition) is 7. The maximum absolute atomic E-state index is 13.9. The molecule has 10 heteroatoms. The van der Waals surface area contributed by atoms with Crippen molar-refractivity contribution in [2.75, 3.05) is 71.3 Å². The van der Waals surface area contributed by atoms with E-state index in [0.29, 0.717) is 44.0 Å². The molecule has 1 N–H and O–H groups in total. The molecule has 0 spiro atoms. The Labute approximate surface area is 239 Å². The van der Waals surface area contributed by atoms with Crippen LogP contribution >= 0.6 is 0 Å². The molecular formula is C30H43N5O4S. The lowest BCUT2D eigenvalue weighted by molar-refractivity contribution is -0.112. The standard InChI is InChI=1S/C30H43N5O4S/c1-6-33(7-2)16-18-35(19-17-34(8-3)9-4)40(38,39)23-12-10-22(11-13-23)25-20-26-28(31-30(37)29(26)36)27-21-32(5)15-14-24(25)27/h10-13,20H,6-9,14-19,21H2,1-5H3,(H,31,36,37). The van der Waals surface area contributed by atoms with Gasteiger partial charge in [0, 0.05) is 39.3 Å². The van der Waals surface area contributed by atoms with Gasteiger partial charge in [0.1, 0.15) is 0 Å². The van der Waals surface area contributed by atoms with Crippen LogP contribution in [0.15, 0.2) is 35.2 Å². The monoisotopic (exact) mass is 569 g/mol. The van der Waals surface area contributed by atoms with Crippen LogP contribution < -0.4 is 5.32 Å². The van der Waals surface area contributed by atoms with Gasteiger partial charge in [0.2, 0.25) is 10.0 Å². The summed E-state index contributed by atoms with van der Waals surface area (Å²) in [6.07, 6.45) is 0.781. The van der Waals surface area contributed by atoms with Gasteiger partial charge in [0.15, 0.2) is 0 Å². The Morgan fingerprint density at radius 1 is 0.825 bits per heavy atom. The highest BCUT2D eigenvalue weighted by molar-refractivity contribution is 7.89. The number of amides is 1. The van der Waals surface area contributed by atoms with E-state index in [4.69, 9.17) is 0 Å². The number of sulfonamides is 1. The number of Topliss-reactive ketones (excluding diaryl/α,β-unsaturated/α-hetero) is 1. The van der Waals surface area contributed by atoms with Crippen molar-refractivity contribution in [2.24, 2.45) is 0 Å². The molecule has 40 heavy (non-hydrogen) atoms. The lowest BCUT2D eigenvalue weighted by atomic mass is 9.87. The van der Waals surface area contributed by atoms with Crippen molar-refractivity contribution in [3.05, 3.63) is 47.0 Å². The molecule has 2 aliphatic rings. The van der Waals surface area contributed by atoms with Crippen LogP contribution in [0.4, 0.5) is 5.69 Å². The van der Waals surface area contributed by atoms with E-state index in [1.54, 1.807) is 22.5 Å². The number of hydrogen-bond donors (Lipinski definition) is 1. The fraction of sp³-hybridized carbons (Fsp3) is 0.533. The van der Waals surface area contributed by atoms with Gasteiger partial charge in [-0.1, -0.05) is 39.8 Å². The van der Waals surface area contributed by atoms with Crippen molar-refractivity contribution in [2.45, 2.75) is 45.6 Å². The van der Waals surface area contributed by atoms with Gasteiger partial charge < -0.3 is 20.0 Å². The zero-order valence-corrected chi connectivity index (χ0v) is 25.3. The second kappa shape index (κ2) is 12.9. The number of fused-ring (bicyclic) bond motifs is 3. The molecule has 9 nitrogen and oxygen atoms in total. The van der Waals surface area contributed by atoms with Crippen molar-refractivity contribution in [3.8, 4) is 11.1 Å². The SMILES string of the molecule is CCN(CC)CCN(CCN(CC)CC)S(=O)(=O)c1ccc(-c2cc3c(c4c2CCN(C)C4)NC(=O)C3=O)cc1. The zero-order chi connectivity index (χ0) is 29.0. The van der Waals surface area contributed by atoms with Gasteiger partial charge >= 0.3 is 0 Å². The minimum Gasteiger partial charge on any atom is -0.318 e. The lowest BCUT2D eigenvalue weighted by Gasteiger charge is -2.29. The summed E-state index contributed by atoms with van der Waals surface area (Å²) in [4.78, 5) is 31.7. The Morgan fingerprint density at radius 2 is 1.40 bits per heavy atom. The number of nitrogens with one attached hydrogen (secondary N) is 1. The van der Waals surface area contributed by atoms with Crippen LogP contribution in [0, 0.1) is 0 Å². The van der Waals surface area contributed by atoms with E-state index in [-0.39, 0.29) is 4.90 Å². The molecule has 0 bridgehead atoms. The van der Waals surface area contributed by atoms with Crippen molar-refractivity contribution >= 4 is 27.4 Å². The quantitative estimate of drug-likeness (QED) is 0.371. The number of ketones is 1. The highest BCUT2D eigenvalue weighted by Crippen LogP contribution is 2.40. The summed E-state index contributed by atoms with van der Waals surface area (Å²) in [6, 6.07) is 8.80. The normalized spacial score (nSPS) is 15.7. The van der Waals surface area contributed by atoms with Crippen LogP contribution in [0.5, 0.6) is 0 Å². The van der Waals surface area contributed by atoms with E-state index in [9.17, 15) is 18.0 Å². The fourth-order valence-electron chi connectivity index (χ4n) is 5.66. The smallest absolute Gasteiger partial charge is 0.296 e. The van der Waals surface area contributed by atoms with Gasteiger partial charge in [-0.3, -0.25) is 9.59 Å². The number of carbonyl (C=O) groups excluding carboxylic acids is 2. The van der Waals surface area contributed by atoms with Crippen LogP contribution in [-0.2, 0) is 27.8 Å². The van der Waals surface area contributed by atoms with Crippen molar-refractivity contribution in [3.63, 3.8) is 0 Å². The van der Waals surface area contributed by atoms with Crippen LogP contribution in [-0.4, -0.2) is 105 Å². The summed E-state index contributed by atoms with van der Waals surface area (Å²) in [5.74, 6) is -1.12. The number of anilines is 1. The van der Waals surface area contributed by atoms with Gasteiger partial charge in [-0.2, -0.15) is 4.31 Å². The highest BCUT2D eigenvalue weighted by atomic mass is 32.2. The van der Waals surface area contributed by atoms with Gasteiger partial charge in [-0.25, -0.2) is 8.42 Å². The molecule has 0 unspecified atom stereocenters. The zero-order valence-electron chi connectivity index (χ0n) is 24.5. The lowest BCUT2D eigenvalue weighted by Crippen LogP contribution is -2.42. The summed E-state index contributed by atoms with van der Waals surface area (Å²) >= 11 is 0. The summed E-state index contributed by atoms with van der Waals surface area (Å²) in [7, 11) is -1.69. The van der Waals surface area contributed by atoms with Crippen LogP contribution in [0.2, 0.25) is 0 Å². The Balaban J connectivity index is 1.66. The molecule has 0 fully saturated rings. The van der Waals surface area contributed by atoms with E-state index >= 15 is 0 Å². The van der Waals surface area contributed by atoms with E-state index in [1.807, 2.05) is 19.2 Å². The summed E-state index contributed by atoms with van der Waals surface area (Å²) < 4.78 is 29.3. The first kappa shape index (κ1) is 30.3. The first-order chi connectivity index (χ1) is 19.1. The summed E-state index contributed by atoms with van der Waals surface area (Å²) in [5.41, 5.74) is 4.81. The molecule has 1 amide bonds. The van der Waals surface area contributed by atoms with Gasteiger partial charge in [-0.05, 0) is 80.1 Å². The number of rotatable bonds is 13. The molecule has 2 heterocycles. The number of benzene rings is 2. The molecule has 0 aromatic heterocycles. The molecule has 0 saturated heterocycles. The minimum atomic E-state index is -3.71. The number of likely N-dealkylation sites (N-methyl/N-ethyl adjacent to an activating group) is 3. The summed E-state index contributed by atoms with van der Waals surface area (Å²) in [6.45, 7) is 15.6. The Bertz CT molecular complexity index is 1320. The van der Waals surface area contributed by atoms with Crippen LogP contribution in [0.3, 0.4) is 0 Å². The molecular weight excluding hydrogens is 526 g/mol. The van der Waals surface area contributed by atoms with Crippen LogP contribution in [0.25, 0.3) is 11.1 Å². The predicted octanol–water partition coefficient (Wildman–Crippen LogP) is 3.15. The third-order valence-corrected chi connectivity index (χ3v) is 10.2. The number of carbonyl (C=O) groups is 2. The first-order valence-electron chi connectivity index (χ1n) is 14.4. The fourth-order valence-corrected chi connectivity index (χ4v) is 7.08. The van der Waals surface area contributed by atoms with E-state index < -0.39 is 21.7 Å². The Kier molecular flexibility index (Phi) is 9.79. The third kappa shape index (κ3) is 6.16. The molecule has 4 rings (SSSR count). The Hall–Kier alpha value is -2.63. The van der Waals surface area contributed by atoms with Crippen LogP contribution in [0.1, 0.15) is 49.2 Å². The molecule has 0 radical (unpaired) electrons. The van der Waals surface area contributed by atoms with E-state index in [2.05, 4.69) is 47.7 Å². The molecule has 0 aliphatic carbocycles. The largest absolute Gasteiger partial charge is 0.318 e. The average molecular weight is 570 g/mol. The topological polar surface area (TPSA) is 93.3 Å². The van der Waals surface area contributed by atoms with Gasteiger partial charge in [0.25, 0.3) is 11.7 Å². The van der Waals surface area contributed by atoms with E-state index in [1.165, 1.54) is 0 Å². The molecule has 2 aromatic rings. The average Bonchev–Trinajstić information content (AvgIpc) is 3.25. The highest BCUT2D eigenvalue weighted by Gasteiger charge is 2.34. The van der Waals surface area contributed by atoms with Gasteiger partial charge in [-0.15, -0.1) is 0 Å². The molecule has 0 atom stereocenters. The number of nitrogens with zero attached hydrogens (tertiary/aromatic N) is 4.